The number of ether oxygens (including phenoxy) is 2. The third kappa shape index (κ3) is 28.3. The molecule has 0 unspecified atom stereocenters. The molecule has 198 valence electrons. The average molecular weight is 532 g/mol. The molecule has 0 amide bonds. The molecule has 0 spiro atoms. The van der Waals surface area contributed by atoms with Crippen molar-refractivity contribution in [3.63, 3.8) is 0 Å². The van der Waals surface area contributed by atoms with E-state index in [0.29, 0.717) is 0 Å². The molecule has 0 radical (unpaired) electrons. The molecule has 0 fully saturated rings. The van der Waals surface area contributed by atoms with Crippen LogP contribution < -0.4 is 0 Å². The minimum absolute atomic E-state index is 0.0253. The maximum Gasteiger partial charge on any atom is 0.157 e. The van der Waals surface area contributed by atoms with Crippen molar-refractivity contribution in [2.24, 2.45) is 0 Å². The number of rotatable bonds is 28. The molecule has 0 aliphatic heterocycles. The summed E-state index contributed by atoms with van der Waals surface area (Å²) in [6.45, 7) is 6.31. The average Bonchev–Trinajstić information content (AvgIpc) is 2.83. The Labute approximate surface area is 217 Å². The van der Waals surface area contributed by atoms with Gasteiger partial charge in [0.2, 0.25) is 0 Å². The third-order valence-electron chi connectivity index (χ3n) is 6.36. The molecule has 0 atom stereocenters. The lowest BCUT2D eigenvalue weighted by atomic mass is 10.1. The van der Waals surface area contributed by atoms with Gasteiger partial charge in [-0.25, -0.2) is 0 Å². The Kier molecular flexibility index (Phi) is 30.3. The van der Waals surface area contributed by atoms with Gasteiger partial charge in [-0.15, -0.1) is 0 Å². The lowest BCUT2D eigenvalue weighted by Gasteiger charge is -2.19. The summed E-state index contributed by atoms with van der Waals surface area (Å²) in [5.74, 6) is 0. The largest absolute Gasteiger partial charge is 0.353 e. The predicted molar refractivity (Wildman–Crippen MR) is 152 cm³/mol. The normalized spacial score (nSPS) is 11.9. The zero-order valence-electron chi connectivity index (χ0n) is 22.6. The maximum absolute atomic E-state index is 6.18. The lowest BCUT2D eigenvalue weighted by molar-refractivity contribution is -0.148. The van der Waals surface area contributed by atoms with E-state index in [1.807, 2.05) is 0 Å². The molecule has 2 nitrogen and oxygen atoms in total. The fourth-order valence-electron chi connectivity index (χ4n) is 4.16. The molecular weight excluding hydrogens is 472 g/mol. The Morgan fingerprint density at radius 2 is 0.939 bits per heavy atom. The highest BCUT2D eigenvalue weighted by Gasteiger charge is 2.09. The second-order valence-corrected chi connectivity index (χ2v) is 10.5. The van der Waals surface area contributed by atoms with Crippen LogP contribution in [0.4, 0.5) is 0 Å². The summed E-state index contributed by atoms with van der Waals surface area (Å²) >= 11 is 3.47. The van der Waals surface area contributed by atoms with Crippen molar-refractivity contribution in [3.8, 4) is 0 Å². The first-order chi connectivity index (χ1) is 16.3. The standard InChI is InChI=1S/C30H59BrO2/c1-3-5-7-9-16-20-24-28-32-30(33-29-25-21-17-10-8-6-4-2)26-22-18-14-12-11-13-15-19-23-27-31/h15,19,30H,3-14,16-18,20-29H2,1-2H3/b19-15-. The van der Waals surface area contributed by atoms with E-state index in [1.54, 1.807) is 0 Å². The van der Waals surface area contributed by atoms with Gasteiger partial charge in [0.15, 0.2) is 6.29 Å². The van der Waals surface area contributed by atoms with Gasteiger partial charge in [-0.3, -0.25) is 0 Å². The topological polar surface area (TPSA) is 18.5 Å². The van der Waals surface area contributed by atoms with Crippen molar-refractivity contribution in [2.45, 2.75) is 161 Å². The molecule has 0 aromatic heterocycles. The number of halogens is 1. The molecule has 0 aromatic rings. The molecule has 0 N–H and O–H groups in total. The van der Waals surface area contributed by atoms with E-state index in [-0.39, 0.29) is 6.29 Å². The summed E-state index contributed by atoms with van der Waals surface area (Å²) in [6, 6.07) is 0. The monoisotopic (exact) mass is 530 g/mol. The SMILES string of the molecule is CCCCCCCCCOC(CCCCCCC/C=C\CCBr)OCCCCCCCCC. The van der Waals surface area contributed by atoms with Crippen molar-refractivity contribution in [1.29, 1.82) is 0 Å². The summed E-state index contributed by atoms with van der Waals surface area (Å²) in [5.41, 5.74) is 0. The Morgan fingerprint density at radius 3 is 1.45 bits per heavy atom. The van der Waals surface area contributed by atoms with Crippen LogP contribution >= 0.6 is 15.9 Å². The highest BCUT2D eigenvalue weighted by atomic mass is 79.9. The smallest absolute Gasteiger partial charge is 0.157 e. The number of unbranched alkanes of at least 4 members (excludes halogenated alkanes) is 17. The lowest BCUT2D eigenvalue weighted by Crippen LogP contribution is -2.19. The Hall–Kier alpha value is 0.140. The summed E-state index contributed by atoms with van der Waals surface area (Å²) < 4.78 is 12.4. The van der Waals surface area contributed by atoms with Crippen LogP contribution in [-0.4, -0.2) is 24.8 Å². The van der Waals surface area contributed by atoms with Crippen molar-refractivity contribution in [1.82, 2.24) is 0 Å². The first kappa shape index (κ1) is 33.1. The first-order valence-electron chi connectivity index (χ1n) is 14.8. The minimum atomic E-state index is 0.0253. The third-order valence-corrected chi connectivity index (χ3v) is 6.81. The van der Waals surface area contributed by atoms with Crippen molar-refractivity contribution < 1.29 is 9.47 Å². The summed E-state index contributed by atoms with van der Waals surface area (Å²) in [7, 11) is 0. The van der Waals surface area contributed by atoms with Gasteiger partial charge in [0, 0.05) is 18.5 Å². The maximum atomic E-state index is 6.18. The predicted octanol–water partition coefficient (Wildman–Crippen LogP) is 10.9. The molecule has 0 aromatic carbocycles. The van der Waals surface area contributed by atoms with Gasteiger partial charge in [-0.1, -0.05) is 138 Å². The van der Waals surface area contributed by atoms with Gasteiger partial charge < -0.3 is 9.47 Å². The molecule has 0 aliphatic carbocycles. The number of hydrogen-bond donors (Lipinski definition) is 0. The van der Waals surface area contributed by atoms with Crippen molar-refractivity contribution in [2.75, 3.05) is 18.5 Å². The summed E-state index contributed by atoms with van der Waals surface area (Å²) in [4.78, 5) is 0. The fourth-order valence-corrected chi connectivity index (χ4v) is 4.43. The van der Waals surface area contributed by atoms with E-state index in [9.17, 15) is 0 Å². The van der Waals surface area contributed by atoms with Crippen LogP contribution in [0.25, 0.3) is 0 Å². The van der Waals surface area contributed by atoms with Crippen molar-refractivity contribution >= 4 is 15.9 Å². The second kappa shape index (κ2) is 30.2. The first-order valence-corrected chi connectivity index (χ1v) is 15.9. The highest BCUT2D eigenvalue weighted by molar-refractivity contribution is 9.09. The zero-order chi connectivity index (χ0) is 24.1. The molecule has 0 bridgehead atoms. The van der Waals surface area contributed by atoms with E-state index in [0.717, 1.165) is 31.4 Å². The summed E-state index contributed by atoms with van der Waals surface area (Å²) in [6.07, 6.45) is 33.4. The van der Waals surface area contributed by atoms with Gasteiger partial charge in [-0.2, -0.15) is 0 Å². The molecule has 3 heteroatoms. The van der Waals surface area contributed by atoms with Crippen LogP contribution in [0.2, 0.25) is 0 Å². The van der Waals surface area contributed by atoms with Gasteiger partial charge in [0.1, 0.15) is 0 Å². The van der Waals surface area contributed by atoms with E-state index in [1.165, 1.54) is 128 Å². The molecule has 0 aliphatic rings. The summed E-state index contributed by atoms with van der Waals surface area (Å²) in [5, 5.41) is 1.08. The van der Waals surface area contributed by atoms with Crippen LogP contribution in [-0.2, 0) is 9.47 Å². The fraction of sp³-hybridized carbons (Fsp3) is 0.933. The van der Waals surface area contributed by atoms with Crippen LogP contribution in [0.1, 0.15) is 155 Å². The van der Waals surface area contributed by atoms with Crippen LogP contribution in [0.15, 0.2) is 12.2 Å². The molecular formula is C30H59BrO2. The number of hydrogen-bond acceptors (Lipinski definition) is 2. The van der Waals surface area contributed by atoms with Gasteiger partial charge in [0.05, 0.1) is 0 Å². The van der Waals surface area contributed by atoms with E-state index >= 15 is 0 Å². The zero-order valence-corrected chi connectivity index (χ0v) is 24.2. The molecule has 0 saturated carbocycles. The van der Waals surface area contributed by atoms with Gasteiger partial charge >= 0.3 is 0 Å². The Bertz CT molecular complexity index is 352. The molecule has 0 saturated heterocycles. The number of allylic oxidation sites excluding steroid dienone is 2. The van der Waals surface area contributed by atoms with Crippen molar-refractivity contribution in [3.05, 3.63) is 12.2 Å². The van der Waals surface area contributed by atoms with E-state index < -0.39 is 0 Å². The molecule has 0 heterocycles. The van der Waals surface area contributed by atoms with Crippen LogP contribution in [0.5, 0.6) is 0 Å². The van der Waals surface area contributed by atoms with E-state index in [4.69, 9.17) is 9.47 Å². The van der Waals surface area contributed by atoms with E-state index in [2.05, 4.69) is 41.9 Å². The highest BCUT2D eigenvalue weighted by Crippen LogP contribution is 2.14. The second-order valence-electron chi connectivity index (χ2n) is 9.71. The Morgan fingerprint density at radius 1 is 0.515 bits per heavy atom. The molecule has 0 rings (SSSR count). The van der Waals surface area contributed by atoms with Gasteiger partial charge in [0.25, 0.3) is 0 Å². The Balaban J connectivity index is 3.87. The van der Waals surface area contributed by atoms with Crippen LogP contribution in [0, 0.1) is 0 Å². The van der Waals surface area contributed by atoms with Gasteiger partial charge in [-0.05, 0) is 44.9 Å². The quantitative estimate of drug-likeness (QED) is 0.0433. The minimum Gasteiger partial charge on any atom is -0.353 e. The molecule has 33 heavy (non-hydrogen) atoms. The number of alkyl halides is 1. The van der Waals surface area contributed by atoms with Crippen LogP contribution in [0.3, 0.4) is 0 Å².